The molecule has 1 amide bonds. The van der Waals surface area contributed by atoms with Gasteiger partial charge < -0.3 is 14.8 Å². The first-order chi connectivity index (χ1) is 8.41. The Labute approximate surface area is 107 Å². The molecule has 0 aromatic carbocycles. The van der Waals surface area contributed by atoms with Gasteiger partial charge >= 0.3 is 5.97 Å². The summed E-state index contributed by atoms with van der Waals surface area (Å²) in [7, 11) is -0.924. The molecular weight excluding hydrogens is 258 g/mol. The van der Waals surface area contributed by atoms with Crippen molar-refractivity contribution in [3.05, 3.63) is 23.7 Å². The summed E-state index contributed by atoms with van der Waals surface area (Å²) in [6.45, 7) is 2.19. The van der Waals surface area contributed by atoms with Gasteiger partial charge in [0.15, 0.2) is 5.76 Å². The number of aromatic carboxylic acids is 1. The molecule has 0 saturated heterocycles. The zero-order valence-electron chi connectivity index (χ0n) is 10.1. The highest BCUT2D eigenvalue weighted by molar-refractivity contribution is 7.84. The topological polar surface area (TPSA) is 96.6 Å². The van der Waals surface area contributed by atoms with Crippen molar-refractivity contribution < 1.29 is 23.3 Å². The van der Waals surface area contributed by atoms with Crippen LogP contribution in [0.15, 0.2) is 16.7 Å². The Morgan fingerprint density at radius 3 is 2.72 bits per heavy atom. The van der Waals surface area contributed by atoms with Gasteiger partial charge in [-0.15, -0.1) is 0 Å². The first kappa shape index (κ1) is 14.4. The van der Waals surface area contributed by atoms with E-state index in [9.17, 15) is 13.8 Å². The number of hydrogen-bond acceptors (Lipinski definition) is 4. The first-order valence-electron chi connectivity index (χ1n) is 5.34. The van der Waals surface area contributed by atoms with Crippen LogP contribution in [0.2, 0.25) is 0 Å². The van der Waals surface area contributed by atoms with E-state index in [1.165, 1.54) is 6.07 Å². The largest absolute Gasteiger partial charge is 0.478 e. The highest BCUT2D eigenvalue weighted by atomic mass is 32.2. The van der Waals surface area contributed by atoms with E-state index >= 15 is 0 Å². The lowest BCUT2D eigenvalue weighted by Gasteiger charge is -2.08. The average Bonchev–Trinajstić information content (AvgIpc) is 2.77. The predicted octanol–water partition coefficient (Wildman–Crippen LogP) is 0.865. The summed E-state index contributed by atoms with van der Waals surface area (Å²) in [6, 6.07) is 1.17. The Morgan fingerprint density at radius 1 is 1.56 bits per heavy atom. The second-order valence-corrected chi connectivity index (χ2v) is 5.66. The van der Waals surface area contributed by atoms with Gasteiger partial charge in [0.2, 0.25) is 0 Å². The smallest absolute Gasteiger partial charge is 0.338 e. The number of amides is 1. The third kappa shape index (κ3) is 3.99. The third-order valence-corrected chi connectivity index (χ3v) is 3.84. The molecule has 1 aromatic heterocycles. The number of hydrogen-bond donors (Lipinski definition) is 2. The van der Waals surface area contributed by atoms with E-state index in [1.54, 1.807) is 6.26 Å². The van der Waals surface area contributed by atoms with Crippen molar-refractivity contribution in [1.82, 2.24) is 5.32 Å². The van der Waals surface area contributed by atoms with Crippen molar-refractivity contribution in [2.75, 3.05) is 12.8 Å². The van der Waals surface area contributed by atoms with Gasteiger partial charge in [0.25, 0.3) is 5.91 Å². The van der Waals surface area contributed by atoms with Crippen molar-refractivity contribution >= 4 is 22.7 Å². The molecule has 2 atom stereocenters. The highest BCUT2D eigenvalue weighted by Gasteiger charge is 2.14. The van der Waals surface area contributed by atoms with Crippen LogP contribution in [0.25, 0.3) is 0 Å². The van der Waals surface area contributed by atoms with Crippen LogP contribution in [0.3, 0.4) is 0 Å². The summed E-state index contributed by atoms with van der Waals surface area (Å²) in [5.74, 6) is -1.66. The monoisotopic (exact) mass is 273 g/mol. The number of furan rings is 1. The Bertz CT molecular complexity index is 468. The molecule has 1 rings (SSSR count). The fraction of sp³-hybridized carbons (Fsp3) is 0.455. The molecule has 0 bridgehead atoms. The Morgan fingerprint density at radius 2 is 2.22 bits per heavy atom. The molecule has 0 radical (unpaired) electrons. The lowest BCUT2D eigenvalue weighted by molar-refractivity contribution is 0.0696. The second kappa shape index (κ2) is 6.34. The first-order valence-corrected chi connectivity index (χ1v) is 6.96. The molecule has 6 nitrogen and oxygen atoms in total. The molecule has 0 aliphatic carbocycles. The van der Waals surface area contributed by atoms with Gasteiger partial charge in [-0.1, -0.05) is 6.92 Å². The number of rotatable bonds is 6. The standard InChI is InChI=1S/C11H15NO5S/c1-7(18(2)16)3-4-12-10(13)9-5-8(6-17-9)11(14)15/h5-7H,3-4H2,1-2H3,(H,12,13)(H,14,15). The number of carboxylic acids is 1. The quantitative estimate of drug-likeness (QED) is 0.801. The van der Waals surface area contributed by atoms with Crippen molar-refractivity contribution in [3.63, 3.8) is 0 Å². The zero-order valence-corrected chi connectivity index (χ0v) is 11.0. The maximum absolute atomic E-state index is 11.6. The molecule has 2 N–H and O–H groups in total. The zero-order chi connectivity index (χ0) is 13.7. The number of carbonyl (C=O) groups excluding carboxylic acids is 1. The van der Waals surface area contributed by atoms with E-state index in [0.29, 0.717) is 13.0 Å². The van der Waals surface area contributed by atoms with Crippen LogP contribution in [-0.4, -0.2) is 39.2 Å². The maximum Gasteiger partial charge on any atom is 0.338 e. The molecule has 0 aliphatic rings. The molecule has 0 saturated carbocycles. The van der Waals surface area contributed by atoms with E-state index in [1.807, 2.05) is 6.92 Å². The summed E-state index contributed by atoms with van der Waals surface area (Å²) < 4.78 is 15.9. The average molecular weight is 273 g/mol. The van der Waals surface area contributed by atoms with Crippen LogP contribution in [0.1, 0.15) is 34.3 Å². The minimum Gasteiger partial charge on any atom is -0.478 e. The molecule has 2 unspecified atom stereocenters. The minimum absolute atomic E-state index is 0.00326. The highest BCUT2D eigenvalue weighted by Crippen LogP contribution is 2.07. The molecule has 1 heterocycles. The van der Waals surface area contributed by atoms with Gasteiger partial charge in [0.1, 0.15) is 6.26 Å². The summed E-state index contributed by atoms with van der Waals surface area (Å²) in [5, 5.41) is 11.2. The molecule has 0 spiro atoms. The van der Waals surface area contributed by atoms with Crippen LogP contribution >= 0.6 is 0 Å². The van der Waals surface area contributed by atoms with Crippen LogP contribution in [0, 0.1) is 0 Å². The predicted molar refractivity (Wildman–Crippen MR) is 66.1 cm³/mol. The SMILES string of the molecule is CC(CCNC(=O)c1cc(C(=O)O)co1)S(C)=O. The van der Waals surface area contributed by atoms with E-state index < -0.39 is 22.7 Å². The van der Waals surface area contributed by atoms with Crippen LogP contribution in [0.5, 0.6) is 0 Å². The third-order valence-electron chi connectivity index (χ3n) is 2.47. The van der Waals surface area contributed by atoms with Crippen LogP contribution in [0.4, 0.5) is 0 Å². The Hall–Kier alpha value is -1.63. The van der Waals surface area contributed by atoms with Gasteiger partial charge in [-0.05, 0) is 6.42 Å². The molecule has 18 heavy (non-hydrogen) atoms. The van der Waals surface area contributed by atoms with Crippen LogP contribution < -0.4 is 5.32 Å². The van der Waals surface area contributed by atoms with Crippen molar-refractivity contribution in [1.29, 1.82) is 0 Å². The summed E-state index contributed by atoms with van der Waals surface area (Å²) >= 11 is 0. The maximum atomic E-state index is 11.6. The number of nitrogens with one attached hydrogen (secondary N) is 1. The molecule has 1 aromatic rings. The van der Waals surface area contributed by atoms with E-state index in [-0.39, 0.29) is 16.6 Å². The van der Waals surface area contributed by atoms with Gasteiger partial charge in [-0.3, -0.25) is 9.00 Å². The lowest BCUT2D eigenvalue weighted by atomic mass is 10.3. The van der Waals surface area contributed by atoms with Crippen molar-refractivity contribution in [3.8, 4) is 0 Å². The van der Waals surface area contributed by atoms with E-state index in [0.717, 1.165) is 6.26 Å². The van der Waals surface area contributed by atoms with Gasteiger partial charge in [0.05, 0.1) is 5.56 Å². The summed E-state index contributed by atoms with van der Waals surface area (Å²) in [5.41, 5.74) is -0.0665. The summed E-state index contributed by atoms with van der Waals surface area (Å²) in [6.07, 6.45) is 3.21. The van der Waals surface area contributed by atoms with Gasteiger partial charge in [-0.25, -0.2) is 4.79 Å². The molecule has 100 valence electrons. The number of carboxylic acid groups (broad SMARTS) is 1. The molecule has 7 heteroatoms. The van der Waals surface area contributed by atoms with Crippen LogP contribution in [-0.2, 0) is 10.8 Å². The van der Waals surface area contributed by atoms with E-state index in [4.69, 9.17) is 9.52 Å². The molecule has 0 fully saturated rings. The Balaban J connectivity index is 2.45. The molecular formula is C11H15NO5S. The normalized spacial score (nSPS) is 13.9. The Kier molecular flexibility index (Phi) is 5.08. The van der Waals surface area contributed by atoms with Gasteiger partial charge in [-0.2, -0.15) is 0 Å². The number of carbonyl (C=O) groups is 2. The van der Waals surface area contributed by atoms with Crippen molar-refractivity contribution in [2.24, 2.45) is 0 Å². The lowest BCUT2D eigenvalue weighted by Crippen LogP contribution is -2.27. The minimum atomic E-state index is -1.15. The molecule has 0 aliphatic heterocycles. The fourth-order valence-corrected chi connectivity index (χ4v) is 1.66. The van der Waals surface area contributed by atoms with Gasteiger partial charge in [0, 0.05) is 34.9 Å². The fourth-order valence-electron chi connectivity index (χ4n) is 1.21. The van der Waals surface area contributed by atoms with Crippen molar-refractivity contribution in [2.45, 2.75) is 18.6 Å². The van der Waals surface area contributed by atoms with E-state index in [2.05, 4.69) is 5.32 Å². The second-order valence-electron chi connectivity index (χ2n) is 3.86. The summed E-state index contributed by atoms with van der Waals surface area (Å²) in [4.78, 5) is 22.1.